The molecule has 130 valence electrons. The van der Waals surface area contributed by atoms with E-state index < -0.39 is 5.66 Å². The second-order valence-corrected chi connectivity index (χ2v) is 6.99. The van der Waals surface area contributed by atoms with Crippen LogP contribution in [0.5, 0.6) is 5.75 Å². The van der Waals surface area contributed by atoms with E-state index in [2.05, 4.69) is 18.8 Å². The topological polar surface area (TPSA) is 89.2 Å². The van der Waals surface area contributed by atoms with E-state index in [0.29, 0.717) is 18.5 Å². The second kappa shape index (κ2) is 6.71. The van der Waals surface area contributed by atoms with Crippen molar-refractivity contribution in [3.8, 4) is 5.75 Å². The number of nitrogens with two attached hydrogens (primary N) is 2. The van der Waals surface area contributed by atoms with Crippen molar-refractivity contribution in [1.82, 2.24) is 0 Å². The minimum Gasteiger partial charge on any atom is -0.491 e. The fourth-order valence-corrected chi connectivity index (χ4v) is 3.49. The molecule has 1 saturated carbocycles. The van der Waals surface area contributed by atoms with E-state index in [4.69, 9.17) is 21.2 Å². The summed E-state index contributed by atoms with van der Waals surface area (Å²) >= 11 is 0. The van der Waals surface area contributed by atoms with Crippen LogP contribution in [0.2, 0.25) is 0 Å². The number of rotatable bonds is 4. The van der Waals surface area contributed by atoms with Crippen LogP contribution in [0.1, 0.15) is 46.0 Å². The summed E-state index contributed by atoms with van der Waals surface area (Å²) in [5, 5.41) is 0. The molecule has 1 spiro atoms. The van der Waals surface area contributed by atoms with Gasteiger partial charge in [0, 0.05) is 0 Å². The van der Waals surface area contributed by atoms with Crippen LogP contribution in [-0.4, -0.2) is 24.2 Å². The van der Waals surface area contributed by atoms with Gasteiger partial charge in [0.05, 0.1) is 12.3 Å². The number of nitrogens with zero attached hydrogens (tertiary/aromatic N) is 3. The van der Waals surface area contributed by atoms with E-state index in [0.717, 1.165) is 37.1 Å². The summed E-state index contributed by atoms with van der Waals surface area (Å²) in [5.74, 6) is 1.92. The molecule has 1 aromatic rings. The number of anilines is 1. The Morgan fingerprint density at radius 1 is 1.17 bits per heavy atom. The van der Waals surface area contributed by atoms with Crippen molar-refractivity contribution in [2.24, 2.45) is 27.4 Å². The molecular weight excluding hydrogens is 302 g/mol. The third kappa shape index (κ3) is 3.18. The van der Waals surface area contributed by atoms with Crippen LogP contribution < -0.4 is 21.1 Å². The zero-order valence-corrected chi connectivity index (χ0v) is 14.5. The van der Waals surface area contributed by atoms with Gasteiger partial charge in [0.2, 0.25) is 11.9 Å². The fourth-order valence-electron chi connectivity index (χ4n) is 3.49. The van der Waals surface area contributed by atoms with Crippen molar-refractivity contribution >= 4 is 17.6 Å². The lowest BCUT2D eigenvalue weighted by Gasteiger charge is -2.45. The summed E-state index contributed by atoms with van der Waals surface area (Å²) in [5.41, 5.74) is 12.7. The van der Waals surface area contributed by atoms with Gasteiger partial charge in [0.1, 0.15) is 11.4 Å². The number of benzene rings is 1. The lowest BCUT2D eigenvalue weighted by Crippen LogP contribution is -2.58. The van der Waals surface area contributed by atoms with Crippen molar-refractivity contribution in [3.63, 3.8) is 0 Å². The molecule has 0 bridgehead atoms. The normalized spacial score (nSPS) is 20.0. The van der Waals surface area contributed by atoms with Gasteiger partial charge in [0.25, 0.3) is 0 Å². The zero-order chi connectivity index (χ0) is 17.2. The summed E-state index contributed by atoms with van der Waals surface area (Å²) in [4.78, 5) is 11.0. The molecule has 1 fully saturated rings. The van der Waals surface area contributed by atoms with E-state index in [-0.39, 0.29) is 5.96 Å². The third-order valence-corrected chi connectivity index (χ3v) is 4.53. The number of guanidine groups is 2. The second-order valence-electron chi connectivity index (χ2n) is 6.99. The van der Waals surface area contributed by atoms with Gasteiger partial charge in [-0.05, 0) is 43.7 Å². The molecule has 0 saturated heterocycles. The Hall–Kier alpha value is -2.24. The smallest absolute Gasteiger partial charge is 0.220 e. The minimum absolute atomic E-state index is 0.270. The Kier molecular flexibility index (Phi) is 4.64. The number of hydrogen-bond acceptors (Lipinski definition) is 6. The van der Waals surface area contributed by atoms with Crippen LogP contribution >= 0.6 is 0 Å². The first kappa shape index (κ1) is 16.6. The number of hydrogen-bond donors (Lipinski definition) is 2. The van der Waals surface area contributed by atoms with Crippen molar-refractivity contribution < 1.29 is 4.74 Å². The van der Waals surface area contributed by atoms with Crippen LogP contribution in [0.3, 0.4) is 0 Å². The molecule has 0 atom stereocenters. The van der Waals surface area contributed by atoms with Crippen molar-refractivity contribution in [2.75, 3.05) is 11.5 Å². The molecule has 2 aliphatic rings. The van der Waals surface area contributed by atoms with Crippen LogP contribution in [0.25, 0.3) is 0 Å². The average Bonchev–Trinajstić information content (AvgIpc) is 2.53. The molecule has 4 N–H and O–H groups in total. The van der Waals surface area contributed by atoms with E-state index in [1.165, 1.54) is 6.42 Å². The van der Waals surface area contributed by atoms with Crippen LogP contribution in [0, 0.1) is 5.92 Å². The van der Waals surface area contributed by atoms with Crippen LogP contribution in [0.15, 0.2) is 34.3 Å². The minimum atomic E-state index is -0.439. The first-order chi connectivity index (χ1) is 11.5. The molecule has 6 heteroatoms. The highest BCUT2D eigenvalue weighted by molar-refractivity contribution is 6.06. The van der Waals surface area contributed by atoms with Gasteiger partial charge in [-0.2, -0.15) is 4.99 Å². The molecule has 24 heavy (non-hydrogen) atoms. The Bertz CT molecular complexity index is 647. The molecule has 0 amide bonds. The first-order valence-corrected chi connectivity index (χ1v) is 8.73. The maximum Gasteiger partial charge on any atom is 0.220 e. The molecular formula is C18H27N5O. The molecule has 1 aliphatic carbocycles. The molecule has 6 nitrogen and oxygen atoms in total. The Morgan fingerprint density at radius 3 is 2.58 bits per heavy atom. The Labute approximate surface area is 143 Å². The standard InChI is InChI=1S/C18H27N5O/c1-13(2)12-24-15-9-5-4-8-14(15)23-17(20)21-16(19)22-18(23)10-6-3-7-11-18/h4-5,8-9,13H,3,6-7,10-12H2,1-2H3,(H4,19,20,21,22). The van der Waals surface area contributed by atoms with Gasteiger partial charge in [-0.1, -0.05) is 32.4 Å². The molecule has 0 aromatic heterocycles. The van der Waals surface area contributed by atoms with Gasteiger partial charge in [-0.15, -0.1) is 0 Å². The summed E-state index contributed by atoms with van der Waals surface area (Å²) in [6.07, 6.45) is 5.27. The molecule has 1 aliphatic heterocycles. The third-order valence-electron chi connectivity index (χ3n) is 4.53. The average molecular weight is 329 g/mol. The van der Waals surface area contributed by atoms with Gasteiger partial charge in [-0.3, -0.25) is 4.90 Å². The lowest BCUT2D eigenvalue weighted by atomic mass is 9.87. The van der Waals surface area contributed by atoms with Gasteiger partial charge < -0.3 is 16.2 Å². The van der Waals surface area contributed by atoms with Crippen molar-refractivity contribution in [1.29, 1.82) is 0 Å². The van der Waals surface area contributed by atoms with Crippen LogP contribution in [-0.2, 0) is 0 Å². The van der Waals surface area contributed by atoms with E-state index in [1.54, 1.807) is 0 Å². The summed E-state index contributed by atoms with van der Waals surface area (Å²) < 4.78 is 6.03. The molecule has 0 unspecified atom stereocenters. The highest BCUT2D eigenvalue weighted by atomic mass is 16.5. The maximum atomic E-state index is 6.29. The van der Waals surface area contributed by atoms with Crippen molar-refractivity contribution in [2.45, 2.75) is 51.6 Å². The van der Waals surface area contributed by atoms with E-state index in [9.17, 15) is 0 Å². The van der Waals surface area contributed by atoms with E-state index in [1.807, 2.05) is 29.2 Å². The molecule has 0 radical (unpaired) electrons. The SMILES string of the molecule is CC(C)COc1ccccc1N1C(N)=NC(N)=NC12CCCCC2. The lowest BCUT2D eigenvalue weighted by molar-refractivity contribution is 0.266. The monoisotopic (exact) mass is 329 g/mol. The van der Waals surface area contributed by atoms with Gasteiger partial charge >= 0.3 is 0 Å². The highest BCUT2D eigenvalue weighted by Crippen LogP contribution is 2.42. The Morgan fingerprint density at radius 2 is 1.88 bits per heavy atom. The number of aliphatic imine (C=N–C) groups is 2. The van der Waals surface area contributed by atoms with Gasteiger partial charge in [-0.25, -0.2) is 4.99 Å². The quantitative estimate of drug-likeness (QED) is 0.889. The van der Waals surface area contributed by atoms with E-state index >= 15 is 0 Å². The fraction of sp³-hybridized carbons (Fsp3) is 0.556. The summed E-state index contributed by atoms with van der Waals surface area (Å²) in [6, 6.07) is 7.96. The van der Waals surface area contributed by atoms with Crippen molar-refractivity contribution in [3.05, 3.63) is 24.3 Å². The number of ether oxygens (including phenoxy) is 1. The molecule has 1 aromatic carbocycles. The predicted octanol–water partition coefficient (Wildman–Crippen LogP) is 2.83. The number of para-hydroxylation sites is 2. The molecule has 3 rings (SSSR count). The predicted molar refractivity (Wildman–Crippen MR) is 98.3 cm³/mol. The summed E-state index contributed by atoms with van der Waals surface area (Å²) in [6.45, 7) is 4.92. The van der Waals surface area contributed by atoms with Gasteiger partial charge in [0.15, 0.2) is 0 Å². The molecule has 1 heterocycles. The first-order valence-electron chi connectivity index (χ1n) is 8.73. The maximum absolute atomic E-state index is 6.29. The Balaban J connectivity index is 2.01. The zero-order valence-electron chi connectivity index (χ0n) is 14.5. The van der Waals surface area contributed by atoms with Crippen LogP contribution in [0.4, 0.5) is 5.69 Å². The summed E-state index contributed by atoms with van der Waals surface area (Å²) in [7, 11) is 0. The largest absolute Gasteiger partial charge is 0.491 e. The highest BCUT2D eigenvalue weighted by Gasteiger charge is 2.43.